The second-order valence-electron chi connectivity index (χ2n) is 4.20. The SMILES string of the molecule is Cc1nccc(CNC(C)(C)C)n1. The highest BCUT2D eigenvalue weighted by Gasteiger charge is 2.08. The van der Waals surface area contributed by atoms with Crippen LogP contribution >= 0.6 is 0 Å². The van der Waals surface area contributed by atoms with Gasteiger partial charge in [0.25, 0.3) is 0 Å². The molecule has 3 nitrogen and oxygen atoms in total. The molecule has 3 heteroatoms. The molecule has 0 fully saturated rings. The van der Waals surface area contributed by atoms with Crippen LogP contribution in [0.15, 0.2) is 12.3 Å². The second kappa shape index (κ2) is 3.83. The largest absolute Gasteiger partial charge is 0.306 e. The Morgan fingerprint density at radius 2 is 2.08 bits per heavy atom. The van der Waals surface area contributed by atoms with Gasteiger partial charge in [-0.05, 0) is 33.8 Å². The number of aromatic nitrogens is 2. The molecular weight excluding hydrogens is 162 g/mol. The summed E-state index contributed by atoms with van der Waals surface area (Å²) >= 11 is 0. The number of rotatable bonds is 2. The topological polar surface area (TPSA) is 37.8 Å². The smallest absolute Gasteiger partial charge is 0.125 e. The summed E-state index contributed by atoms with van der Waals surface area (Å²) in [6, 6.07) is 1.94. The highest BCUT2D eigenvalue weighted by Crippen LogP contribution is 2.01. The van der Waals surface area contributed by atoms with Crippen molar-refractivity contribution in [2.24, 2.45) is 0 Å². The fourth-order valence-electron chi connectivity index (χ4n) is 0.959. The van der Waals surface area contributed by atoms with Gasteiger partial charge in [0.1, 0.15) is 5.82 Å². The zero-order chi connectivity index (χ0) is 9.90. The molecule has 0 radical (unpaired) electrons. The zero-order valence-corrected chi connectivity index (χ0v) is 8.76. The minimum atomic E-state index is 0.138. The van der Waals surface area contributed by atoms with Crippen LogP contribution in [0.3, 0.4) is 0 Å². The molecule has 72 valence electrons. The van der Waals surface area contributed by atoms with Gasteiger partial charge < -0.3 is 5.32 Å². The van der Waals surface area contributed by atoms with Crippen molar-refractivity contribution in [3.63, 3.8) is 0 Å². The lowest BCUT2D eigenvalue weighted by Gasteiger charge is -2.20. The van der Waals surface area contributed by atoms with E-state index in [2.05, 4.69) is 36.1 Å². The summed E-state index contributed by atoms with van der Waals surface area (Å²) < 4.78 is 0. The Hall–Kier alpha value is -0.960. The molecule has 0 saturated carbocycles. The maximum absolute atomic E-state index is 4.30. The van der Waals surface area contributed by atoms with Crippen molar-refractivity contribution >= 4 is 0 Å². The first-order chi connectivity index (χ1) is 5.97. The summed E-state index contributed by atoms with van der Waals surface area (Å²) in [6.45, 7) is 9.12. The number of hydrogen-bond acceptors (Lipinski definition) is 3. The van der Waals surface area contributed by atoms with E-state index in [4.69, 9.17) is 0 Å². The lowest BCUT2D eigenvalue weighted by molar-refractivity contribution is 0.421. The number of aryl methyl sites for hydroxylation is 1. The zero-order valence-electron chi connectivity index (χ0n) is 8.76. The third-order valence-electron chi connectivity index (χ3n) is 1.63. The van der Waals surface area contributed by atoms with Crippen molar-refractivity contribution in [3.05, 3.63) is 23.8 Å². The van der Waals surface area contributed by atoms with E-state index < -0.39 is 0 Å². The van der Waals surface area contributed by atoms with Gasteiger partial charge in [0.05, 0.1) is 5.69 Å². The molecule has 0 unspecified atom stereocenters. The van der Waals surface area contributed by atoms with Crippen molar-refractivity contribution in [2.45, 2.75) is 39.8 Å². The van der Waals surface area contributed by atoms with Gasteiger partial charge >= 0.3 is 0 Å². The summed E-state index contributed by atoms with van der Waals surface area (Å²) in [5, 5.41) is 3.38. The Bertz CT molecular complexity index is 276. The molecule has 1 heterocycles. The molecule has 0 atom stereocenters. The molecule has 0 bridgehead atoms. The van der Waals surface area contributed by atoms with Crippen LogP contribution in [-0.4, -0.2) is 15.5 Å². The predicted molar refractivity (Wildman–Crippen MR) is 53.4 cm³/mol. The van der Waals surface area contributed by atoms with E-state index in [-0.39, 0.29) is 5.54 Å². The Morgan fingerprint density at radius 3 is 2.62 bits per heavy atom. The molecule has 0 aromatic carbocycles. The van der Waals surface area contributed by atoms with Crippen LogP contribution in [0.2, 0.25) is 0 Å². The molecule has 0 aliphatic rings. The highest BCUT2D eigenvalue weighted by atomic mass is 15.0. The molecule has 1 rings (SSSR count). The van der Waals surface area contributed by atoms with Crippen molar-refractivity contribution in [2.75, 3.05) is 0 Å². The molecule has 1 aromatic rings. The first-order valence-electron chi connectivity index (χ1n) is 4.51. The van der Waals surface area contributed by atoms with Crippen molar-refractivity contribution in [1.82, 2.24) is 15.3 Å². The molecule has 0 aliphatic heterocycles. The number of hydrogen-bond donors (Lipinski definition) is 1. The minimum Gasteiger partial charge on any atom is -0.306 e. The maximum Gasteiger partial charge on any atom is 0.125 e. The van der Waals surface area contributed by atoms with Gasteiger partial charge in [-0.25, -0.2) is 9.97 Å². The maximum atomic E-state index is 4.30. The molecular formula is C10H17N3. The quantitative estimate of drug-likeness (QED) is 0.750. The first-order valence-corrected chi connectivity index (χ1v) is 4.51. The van der Waals surface area contributed by atoms with Crippen LogP contribution in [-0.2, 0) is 6.54 Å². The van der Waals surface area contributed by atoms with E-state index in [0.717, 1.165) is 18.1 Å². The molecule has 13 heavy (non-hydrogen) atoms. The van der Waals surface area contributed by atoms with E-state index in [1.807, 2.05) is 13.0 Å². The van der Waals surface area contributed by atoms with Gasteiger partial charge in [-0.2, -0.15) is 0 Å². The second-order valence-corrected chi connectivity index (χ2v) is 4.20. The summed E-state index contributed by atoms with van der Waals surface area (Å²) in [5.74, 6) is 0.827. The predicted octanol–water partition coefficient (Wildman–Crippen LogP) is 1.67. The Labute approximate surface area is 79.6 Å². The van der Waals surface area contributed by atoms with Gasteiger partial charge in [-0.15, -0.1) is 0 Å². The number of nitrogens with one attached hydrogen (secondary N) is 1. The van der Waals surface area contributed by atoms with Gasteiger partial charge in [0.2, 0.25) is 0 Å². The Kier molecular flexibility index (Phi) is 2.98. The van der Waals surface area contributed by atoms with Crippen LogP contribution in [0.1, 0.15) is 32.3 Å². The standard InChI is InChI=1S/C10H17N3/c1-8-11-6-5-9(13-8)7-12-10(2,3)4/h5-6,12H,7H2,1-4H3. The van der Waals surface area contributed by atoms with Crippen LogP contribution in [0, 0.1) is 6.92 Å². The highest BCUT2D eigenvalue weighted by molar-refractivity contribution is 5.01. The third kappa shape index (κ3) is 3.99. The summed E-state index contributed by atoms with van der Waals surface area (Å²) in [4.78, 5) is 8.35. The van der Waals surface area contributed by atoms with E-state index in [1.54, 1.807) is 6.20 Å². The average molecular weight is 179 g/mol. The summed E-state index contributed by atoms with van der Waals surface area (Å²) in [6.07, 6.45) is 1.79. The van der Waals surface area contributed by atoms with Crippen LogP contribution in [0.4, 0.5) is 0 Å². The fraction of sp³-hybridized carbons (Fsp3) is 0.600. The minimum absolute atomic E-state index is 0.138. The lowest BCUT2D eigenvalue weighted by Crippen LogP contribution is -2.35. The Balaban J connectivity index is 2.55. The Morgan fingerprint density at radius 1 is 1.38 bits per heavy atom. The summed E-state index contributed by atoms with van der Waals surface area (Å²) in [5.41, 5.74) is 1.18. The van der Waals surface area contributed by atoms with Gasteiger partial charge in [-0.3, -0.25) is 0 Å². The summed E-state index contributed by atoms with van der Waals surface area (Å²) in [7, 11) is 0. The van der Waals surface area contributed by atoms with Gasteiger partial charge in [0.15, 0.2) is 0 Å². The molecule has 0 aliphatic carbocycles. The van der Waals surface area contributed by atoms with E-state index in [0.29, 0.717) is 0 Å². The van der Waals surface area contributed by atoms with Gasteiger partial charge in [0, 0.05) is 18.3 Å². The van der Waals surface area contributed by atoms with E-state index in [9.17, 15) is 0 Å². The normalized spacial score (nSPS) is 11.7. The van der Waals surface area contributed by atoms with Crippen LogP contribution in [0.25, 0.3) is 0 Å². The van der Waals surface area contributed by atoms with Crippen molar-refractivity contribution in [1.29, 1.82) is 0 Å². The molecule has 1 aromatic heterocycles. The van der Waals surface area contributed by atoms with Crippen LogP contribution < -0.4 is 5.32 Å². The van der Waals surface area contributed by atoms with Crippen LogP contribution in [0.5, 0.6) is 0 Å². The van der Waals surface area contributed by atoms with Gasteiger partial charge in [-0.1, -0.05) is 0 Å². The number of nitrogens with zero attached hydrogens (tertiary/aromatic N) is 2. The van der Waals surface area contributed by atoms with E-state index in [1.165, 1.54) is 0 Å². The molecule has 0 saturated heterocycles. The van der Waals surface area contributed by atoms with Crippen molar-refractivity contribution in [3.8, 4) is 0 Å². The molecule has 1 N–H and O–H groups in total. The first kappa shape index (κ1) is 10.1. The average Bonchev–Trinajstić information content (AvgIpc) is 2.00. The fourth-order valence-corrected chi connectivity index (χ4v) is 0.959. The van der Waals surface area contributed by atoms with Crippen molar-refractivity contribution < 1.29 is 0 Å². The third-order valence-corrected chi connectivity index (χ3v) is 1.63. The van der Waals surface area contributed by atoms with E-state index >= 15 is 0 Å². The monoisotopic (exact) mass is 179 g/mol. The molecule has 0 amide bonds. The lowest BCUT2D eigenvalue weighted by atomic mass is 10.1. The molecule has 0 spiro atoms.